The molecule has 0 fully saturated rings. The van der Waals surface area contributed by atoms with Crippen molar-refractivity contribution < 1.29 is 9.53 Å². The molecule has 5 heteroatoms. The van der Waals surface area contributed by atoms with Crippen LogP contribution in [0.25, 0.3) is 0 Å². The van der Waals surface area contributed by atoms with Crippen molar-refractivity contribution in [3.05, 3.63) is 22.9 Å². The lowest BCUT2D eigenvalue weighted by atomic mass is 9.95. The number of nitrogen functional groups attached to an aromatic ring is 1. The molecule has 2 N–H and O–H groups in total. The number of carbonyl (C=O) groups excluding carboxylic acids is 1. The van der Waals surface area contributed by atoms with E-state index < -0.39 is 5.60 Å². The van der Waals surface area contributed by atoms with Gasteiger partial charge in [-0.1, -0.05) is 6.92 Å². The van der Waals surface area contributed by atoms with Gasteiger partial charge >= 0.3 is 6.09 Å². The van der Waals surface area contributed by atoms with Crippen molar-refractivity contribution in [1.82, 2.24) is 9.88 Å². The molecule has 1 aliphatic heterocycles. The van der Waals surface area contributed by atoms with E-state index in [2.05, 4.69) is 11.9 Å². The van der Waals surface area contributed by atoms with Crippen LogP contribution in [0, 0.1) is 0 Å². The topological polar surface area (TPSA) is 68.5 Å². The fraction of sp³-hybridized carbons (Fsp3) is 0.600. The van der Waals surface area contributed by atoms with E-state index in [1.54, 1.807) is 11.1 Å². The summed E-state index contributed by atoms with van der Waals surface area (Å²) in [6.07, 6.45) is 3.19. The number of pyridine rings is 1. The van der Waals surface area contributed by atoms with Crippen LogP contribution in [0.15, 0.2) is 6.20 Å². The summed E-state index contributed by atoms with van der Waals surface area (Å²) in [5, 5.41) is 0. The van der Waals surface area contributed by atoms with Crippen LogP contribution < -0.4 is 5.73 Å². The summed E-state index contributed by atoms with van der Waals surface area (Å²) in [6, 6.07) is 0. The van der Waals surface area contributed by atoms with Crippen LogP contribution in [0.4, 0.5) is 10.6 Å². The van der Waals surface area contributed by atoms with E-state index in [0.717, 1.165) is 24.0 Å². The third-order valence-corrected chi connectivity index (χ3v) is 3.42. The molecule has 1 aliphatic rings. The highest BCUT2D eigenvalue weighted by Gasteiger charge is 2.27. The van der Waals surface area contributed by atoms with Gasteiger partial charge in [0, 0.05) is 12.7 Å². The Balaban J connectivity index is 2.18. The van der Waals surface area contributed by atoms with Gasteiger partial charge in [-0.15, -0.1) is 0 Å². The summed E-state index contributed by atoms with van der Waals surface area (Å²) >= 11 is 0. The lowest BCUT2D eigenvalue weighted by Gasteiger charge is -2.32. The zero-order valence-corrected chi connectivity index (χ0v) is 12.7. The number of aromatic nitrogens is 1. The molecular formula is C15H23N3O2. The molecule has 0 saturated heterocycles. The summed E-state index contributed by atoms with van der Waals surface area (Å²) in [7, 11) is 0. The Morgan fingerprint density at radius 1 is 1.50 bits per heavy atom. The average Bonchev–Trinajstić information content (AvgIpc) is 2.36. The van der Waals surface area contributed by atoms with E-state index >= 15 is 0 Å². The van der Waals surface area contributed by atoms with Crippen molar-refractivity contribution in [2.75, 3.05) is 12.3 Å². The zero-order valence-electron chi connectivity index (χ0n) is 12.7. The molecule has 0 aliphatic carbocycles. The summed E-state index contributed by atoms with van der Waals surface area (Å²) in [6.45, 7) is 8.91. The number of fused-ring (bicyclic) bond motifs is 1. The molecule has 2 heterocycles. The minimum atomic E-state index is -0.467. The fourth-order valence-electron chi connectivity index (χ4n) is 2.51. The monoisotopic (exact) mass is 277 g/mol. The number of nitrogens with two attached hydrogens (primary N) is 1. The highest BCUT2D eigenvalue weighted by molar-refractivity contribution is 5.69. The number of nitrogens with zero attached hydrogens (tertiary/aromatic N) is 2. The predicted octanol–water partition coefficient (Wildman–Crippen LogP) is 2.52. The first-order valence-electron chi connectivity index (χ1n) is 7.05. The van der Waals surface area contributed by atoms with E-state index in [9.17, 15) is 4.79 Å². The second kappa shape index (κ2) is 5.31. The number of hydrogen-bond donors (Lipinski definition) is 1. The SMILES string of the molecule is CCc1c(N)ncc2c1CCN(C(=O)OC(C)(C)C)C2. The average molecular weight is 277 g/mol. The molecule has 0 bridgehead atoms. The second-order valence-corrected chi connectivity index (χ2v) is 6.13. The van der Waals surface area contributed by atoms with E-state index in [4.69, 9.17) is 10.5 Å². The number of amides is 1. The van der Waals surface area contributed by atoms with Crippen molar-refractivity contribution in [2.24, 2.45) is 0 Å². The van der Waals surface area contributed by atoms with Crippen molar-refractivity contribution in [3.63, 3.8) is 0 Å². The van der Waals surface area contributed by atoms with Crippen LogP contribution in [0.5, 0.6) is 0 Å². The van der Waals surface area contributed by atoms with Crippen LogP contribution in [0.2, 0.25) is 0 Å². The lowest BCUT2D eigenvalue weighted by molar-refractivity contribution is 0.0223. The minimum Gasteiger partial charge on any atom is -0.444 e. The summed E-state index contributed by atoms with van der Waals surface area (Å²) in [5.41, 5.74) is 8.89. The van der Waals surface area contributed by atoms with Gasteiger partial charge in [0.15, 0.2) is 0 Å². The second-order valence-electron chi connectivity index (χ2n) is 6.13. The van der Waals surface area contributed by atoms with Gasteiger partial charge in [-0.25, -0.2) is 9.78 Å². The van der Waals surface area contributed by atoms with Gasteiger partial charge in [-0.05, 0) is 50.3 Å². The molecular weight excluding hydrogens is 254 g/mol. The van der Waals surface area contributed by atoms with Crippen molar-refractivity contribution in [3.8, 4) is 0 Å². The normalized spacial score (nSPS) is 14.9. The molecule has 110 valence electrons. The number of ether oxygens (including phenoxy) is 1. The standard InChI is InChI=1S/C15H23N3O2/c1-5-11-12-6-7-18(14(19)20-15(2,3)4)9-10(12)8-17-13(11)16/h8H,5-7,9H2,1-4H3,(H2,16,17). The molecule has 20 heavy (non-hydrogen) atoms. The van der Waals surface area contributed by atoms with Crippen LogP contribution >= 0.6 is 0 Å². The molecule has 0 spiro atoms. The Kier molecular flexibility index (Phi) is 3.88. The van der Waals surface area contributed by atoms with Crippen LogP contribution in [0.3, 0.4) is 0 Å². The molecule has 0 saturated carbocycles. The number of carbonyl (C=O) groups is 1. The molecule has 0 atom stereocenters. The third kappa shape index (κ3) is 3.03. The first-order valence-corrected chi connectivity index (χ1v) is 7.05. The number of hydrogen-bond acceptors (Lipinski definition) is 4. The van der Waals surface area contributed by atoms with Gasteiger partial charge in [0.05, 0.1) is 6.54 Å². The minimum absolute atomic E-state index is 0.266. The maximum Gasteiger partial charge on any atom is 0.410 e. The summed E-state index contributed by atoms with van der Waals surface area (Å²) in [5.74, 6) is 0.608. The molecule has 1 amide bonds. The molecule has 5 nitrogen and oxygen atoms in total. The number of anilines is 1. The fourth-order valence-corrected chi connectivity index (χ4v) is 2.51. The lowest BCUT2D eigenvalue weighted by Crippen LogP contribution is -2.40. The van der Waals surface area contributed by atoms with Crippen molar-refractivity contribution in [2.45, 2.75) is 52.7 Å². The van der Waals surface area contributed by atoms with E-state index in [1.807, 2.05) is 20.8 Å². The summed E-state index contributed by atoms with van der Waals surface area (Å²) in [4.78, 5) is 18.1. The van der Waals surface area contributed by atoms with Crippen LogP contribution in [0.1, 0.15) is 44.4 Å². The maximum absolute atomic E-state index is 12.1. The Morgan fingerprint density at radius 2 is 2.20 bits per heavy atom. The van der Waals surface area contributed by atoms with E-state index in [-0.39, 0.29) is 6.09 Å². The molecule has 0 unspecified atom stereocenters. The Labute approximate surface area is 120 Å². The Hall–Kier alpha value is -1.78. The highest BCUT2D eigenvalue weighted by Crippen LogP contribution is 2.26. The van der Waals surface area contributed by atoms with Gasteiger partial charge in [0.25, 0.3) is 0 Å². The molecule has 1 aromatic heterocycles. The Bertz CT molecular complexity index is 521. The van der Waals surface area contributed by atoms with Crippen LogP contribution in [-0.2, 0) is 24.1 Å². The maximum atomic E-state index is 12.1. The highest BCUT2D eigenvalue weighted by atomic mass is 16.6. The molecule has 0 radical (unpaired) electrons. The smallest absolute Gasteiger partial charge is 0.410 e. The van der Waals surface area contributed by atoms with Crippen molar-refractivity contribution >= 4 is 11.9 Å². The van der Waals surface area contributed by atoms with Gasteiger partial charge in [-0.2, -0.15) is 0 Å². The molecule has 1 aromatic rings. The van der Waals surface area contributed by atoms with E-state index in [1.165, 1.54) is 5.56 Å². The van der Waals surface area contributed by atoms with Gasteiger partial charge in [-0.3, -0.25) is 0 Å². The van der Waals surface area contributed by atoms with Gasteiger partial charge in [0.1, 0.15) is 11.4 Å². The van der Waals surface area contributed by atoms with Crippen molar-refractivity contribution in [1.29, 1.82) is 0 Å². The third-order valence-electron chi connectivity index (χ3n) is 3.42. The largest absolute Gasteiger partial charge is 0.444 e. The van der Waals surface area contributed by atoms with Gasteiger partial charge in [0.2, 0.25) is 0 Å². The van der Waals surface area contributed by atoms with E-state index in [0.29, 0.717) is 18.9 Å². The van der Waals surface area contributed by atoms with Crippen LogP contribution in [-0.4, -0.2) is 28.1 Å². The molecule has 2 rings (SSSR count). The predicted molar refractivity (Wildman–Crippen MR) is 78.4 cm³/mol. The Morgan fingerprint density at radius 3 is 2.80 bits per heavy atom. The first kappa shape index (κ1) is 14.6. The quantitative estimate of drug-likeness (QED) is 0.856. The van der Waals surface area contributed by atoms with Gasteiger partial charge < -0.3 is 15.4 Å². The number of rotatable bonds is 1. The first-order chi connectivity index (χ1) is 9.31. The summed E-state index contributed by atoms with van der Waals surface area (Å²) < 4.78 is 5.41. The zero-order chi connectivity index (χ0) is 14.9. The molecule has 0 aromatic carbocycles.